The first-order valence-electron chi connectivity index (χ1n) is 5.98. The first-order valence-corrected chi connectivity index (χ1v) is 6.35. The molecule has 1 unspecified atom stereocenters. The molecule has 0 heterocycles. The van der Waals surface area contributed by atoms with E-state index in [1.54, 1.807) is 7.11 Å². The van der Waals surface area contributed by atoms with Crippen LogP contribution in [0.1, 0.15) is 25.8 Å². The van der Waals surface area contributed by atoms with Gasteiger partial charge in [0.2, 0.25) is 5.24 Å². The SMILES string of the molecule is COC(CC(C)C)Oc1ccc(CC(=O)Cl)cc1. The third-order valence-corrected chi connectivity index (χ3v) is 2.59. The average molecular weight is 271 g/mol. The number of hydrogen-bond acceptors (Lipinski definition) is 3. The summed E-state index contributed by atoms with van der Waals surface area (Å²) in [5, 5.41) is -0.363. The molecule has 0 saturated heterocycles. The molecule has 0 spiro atoms. The Bertz CT molecular complexity index is 373. The highest BCUT2D eigenvalue weighted by atomic mass is 35.5. The van der Waals surface area contributed by atoms with Gasteiger partial charge in [0, 0.05) is 20.0 Å². The van der Waals surface area contributed by atoms with Crippen LogP contribution in [0.2, 0.25) is 0 Å². The number of rotatable bonds is 7. The molecule has 18 heavy (non-hydrogen) atoms. The molecule has 3 nitrogen and oxygen atoms in total. The van der Waals surface area contributed by atoms with Gasteiger partial charge in [-0.05, 0) is 35.2 Å². The summed E-state index contributed by atoms with van der Waals surface area (Å²) in [5.41, 5.74) is 0.875. The van der Waals surface area contributed by atoms with Gasteiger partial charge >= 0.3 is 0 Å². The largest absolute Gasteiger partial charge is 0.465 e. The Labute approximate surface area is 113 Å². The molecular formula is C14H19ClO3. The molecule has 4 heteroatoms. The van der Waals surface area contributed by atoms with Gasteiger partial charge < -0.3 is 9.47 Å². The molecule has 0 aliphatic heterocycles. The lowest BCUT2D eigenvalue weighted by Crippen LogP contribution is -2.20. The smallest absolute Gasteiger partial charge is 0.226 e. The Morgan fingerprint density at radius 2 is 1.89 bits per heavy atom. The molecule has 0 aromatic heterocycles. The van der Waals surface area contributed by atoms with Crippen molar-refractivity contribution < 1.29 is 14.3 Å². The van der Waals surface area contributed by atoms with Crippen LogP contribution in [0.25, 0.3) is 0 Å². The van der Waals surface area contributed by atoms with Crippen molar-refractivity contribution in [3.05, 3.63) is 29.8 Å². The fraction of sp³-hybridized carbons (Fsp3) is 0.500. The summed E-state index contributed by atoms with van der Waals surface area (Å²) < 4.78 is 11.0. The van der Waals surface area contributed by atoms with E-state index in [1.165, 1.54) is 0 Å². The molecule has 0 aliphatic carbocycles. The average Bonchev–Trinajstić information content (AvgIpc) is 2.29. The summed E-state index contributed by atoms with van der Waals surface area (Å²) in [6.07, 6.45) is 0.824. The van der Waals surface area contributed by atoms with Crippen LogP contribution in [0.5, 0.6) is 5.75 Å². The molecule has 0 fully saturated rings. The summed E-state index contributed by atoms with van der Waals surface area (Å²) in [6.45, 7) is 4.23. The van der Waals surface area contributed by atoms with Crippen LogP contribution in [0.4, 0.5) is 0 Å². The van der Waals surface area contributed by atoms with E-state index < -0.39 is 0 Å². The van der Waals surface area contributed by atoms with Gasteiger partial charge in [0.1, 0.15) is 5.75 Å². The van der Waals surface area contributed by atoms with Crippen molar-refractivity contribution in [1.82, 2.24) is 0 Å². The van der Waals surface area contributed by atoms with E-state index in [-0.39, 0.29) is 18.0 Å². The molecule has 0 radical (unpaired) electrons. The van der Waals surface area contributed by atoms with E-state index >= 15 is 0 Å². The van der Waals surface area contributed by atoms with Crippen LogP contribution < -0.4 is 4.74 Å². The Kier molecular flexibility index (Phi) is 6.16. The normalized spacial score (nSPS) is 12.5. The molecule has 0 amide bonds. The molecule has 0 saturated carbocycles. The maximum Gasteiger partial charge on any atom is 0.226 e. The van der Waals surface area contributed by atoms with Crippen LogP contribution in [-0.2, 0) is 16.0 Å². The second-order valence-electron chi connectivity index (χ2n) is 4.59. The second kappa shape index (κ2) is 7.39. The minimum atomic E-state index is -0.363. The number of hydrogen-bond donors (Lipinski definition) is 0. The van der Waals surface area contributed by atoms with E-state index in [1.807, 2.05) is 24.3 Å². The fourth-order valence-corrected chi connectivity index (χ4v) is 1.73. The monoisotopic (exact) mass is 270 g/mol. The predicted octanol–water partition coefficient (Wildman–Crippen LogP) is 3.39. The summed E-state index contributed by atoms with van der Waals surface area (Å²) in [6, 6.07) is 7.30. The van der Waals surface area contributed by atoms with Crippen LogP contribution >= 0.6 is 11.6 Å². The van der Waals surface area contributed by atoms with Crippen LogP contribution in [0.3, 0.4) is 0 Å². The highest BCUT2D eigenvalue weighted by Gasteiger charge is 2.11. The summed E-state index contributed by atoms with van der Waals surface area (Å²) >= 11 is 5.33. The van der Waals surface area contributed by atoms with Crippen molar-refractivity contribution in [3.63, 3.8) is 0 Å². The van der Waals surface area contributed by atoms with Gasteiger partial charge in [0.25, 0.3) is 0 Å². The third kappa shape index (κ3) is 5.52. The van der Waals surface area contributed by atoms with Gasteiger partial charge in [-0.15, -0.1) is 0 Å². The van der Waals surface area contributed by atoms with E-state index in [0.717, 1.165) is 17.7 Å². The zero-order valence-corrected chi connectivity index (χ0v) is 11.7. The Balaban J connectivity index is 2.59. The Morgan fingerprint density at radius 3 is 2.33 bits per heavy atom. The number of carbonyl (C=O) groups is 1. The van der Waals surface area contributed by atoms with Gasteiger partial charge in [-0.1, -0.05) is 26.0 Å². The minimum Gasteiger partial charge on any atom is -0.465 e. The van der Waals surface area contributed by atoms with Crippen LogP contribution in [0.15, 0.2) is 24.3 Å². The van der Waals surface area contributed by atoms with E-state index in [4.69, 9.17) is 21.1 Å². The molecule has 0 N–H and O–H groups in total. The number of benzene rings is 1. The van der Waals surface area contributed by atoms with Gasteiger partial charge in [0.05, 0.1) is 0 Å². The van der Waals surface area contributed by atoms with Crippen molar-refractivity contribution in [2.75, 3.05) is 7.11 Å². The quantitative estimate of drug-likeness (QED) is 0.563. The lowest BCUT2D eigenvalue weighted by molar-refractivity contribution is -0.111. The molecule has 1 aromatic rings. The number of ether oxygens (including phenoxy) is 2. The highest BCUT2D eigenvalue weighted by molar-refractivity contribution is 6.63. The molecular weight excluding hydrogens is 252 g/mol. The van der Waals surface area contributed by atoms with Crippen molar-refractivity contribution >= 4 is 16.8 Å². The summed E-state index contributed by atoms with van der Waals surface area (Å²) in [4.78, 5) is 10.8. The lowest BCUT2D eigenvalue weighted by atomic mass is 10.1. The number of carbonyl (C=O) groups excluding carboxylic acids is 1. The first-order chi connectivity index (χ1) is 8.51. The number of halogens is 1. The van der Waals surface area contributed by atoms with Gasteiger partial charge in [-0.2, -0.15) is 0 Å². The van der Waals surface area contributed by atoms with Gasteiger partial charge in [-0.25, -0.2) is 0 Å². The van der Waals surface area contributed by atoms with Crippen LogP contribution in [-0.4, -0.2) is 18.6 Å². The van der Waals surface area contributed by atoms with Gasteiger partial charge in [0.15, 0.2) is 6.29 Å². The maximum absolute atomic E-state index is 10.8. The zero-order valence-electron chi connectivity index (χ0n) is 11.0. The van der Waals surface area contributed by atoms with Gasteiger partial charge in [-0.3, -0.25) is 4.79 Å². The lowest BCUT2D eigenvalue weighted by Gasteiger charge is -2.19. The second-order valence-corrected chi connectivity index (χ2v) is 5.01. The maximum atomic E-state index is 10.8. The zero-order chi connectivity index (χ0) is 13.5. The number of methoxy groups -OCH3 is 1. The molecule has 0 bridgehead atoms. The standard InChI is InChI=1S/C14H19ClO3/c1-10(2)8-14(17-3)18-12-6-4-11(5-7-12)9-13(15)16/h4-7,10,14H,8-9H2,1-3H3. The van der Waals surface area contributed by atoms with Crippen molar-refractivity contribution in [2.24, 2.45) is 5.92 Å². The third-order valence-electron chi connectivity index (χ3n) is 2.46. The molecule has 1 aromatic carbocycles. The highest BCUT2D eigenvalue weighted by Crippen LogP contribution is 2.18. The minimum absolute atomic E-state index is 0.238. The van der Waals surface area contributed by atoms with Crippen LogP contribution in [0, 0.1) is 5.92 Å². The topological polar surface area (TPSA) is 35.5 Å². The fourth-order valence-electron chi connectivity index (χ4n) is 1.58. The summed E-state index contributed by atoms with van der Waals surface area (Å²) in [5.74, 6) is 1.23. The Morgan fingerprint density at radius 1 is 1.28 bits per heavy atom. The van der Waals surface area contributed by atoms with E-state index in [2.05, 4.69) is 13.8 Å². The van der Waals surface area contributed by atoms with Crippen molar-refractivity contribution in [2.45, 2.75) is 33.0 Å². The molecule has 1 atom stereocenters. The van der Waals surface area contributed by atoms with E-state index in [9.17, 15) is 4.79 Å². The predicted molar refractivity (Wildman–Crippen MR) is 71.9 cm³/mol. The molecule has 1 rings (SSSR count). The van der Waals surface area contributed by atoms with Crippen molar-refractivity contribution in [1.29, 1.82) is 0 Å². The molecule has 100 valence electrons. The first kappa shape index (κ1) is 15.0. The molecule has 0 aliphatic rings. The van der Waals surface area contributed by atoms with Crippen molar-refractivity contribution in [3.8, 4) is 5.75 Å². The Hall–Kier alpha value is -1.06. The summed E-state index contributed by atoms with van der Waals surface area (Å²) in [7, 11) is 1.63. The van der Waals surface area contributed by atoms with E-state index in [0.29, 0.717) is 5.92 Å².